The van der Waals surface area contributed by atoms with Gasteiger partial charge >= 0.3 is 6.01 Å². The molecule has 2 aromatic heterocycles. The van der Waals surface area contributed by atoms with Crippen LogP contribution in [0.3, 0.4) is 0 Å². The first kappa shape index (κ1) is 26.5. The third kappa shape index (κ3) is 5.53. The number of benzene rings is 4. The number of nitrogens with zero attached hydrogens (tertiary/aromatic N) is 3. The molecule has 4 aromatic carbocycles. The van der Waals surface area contributed by atoms with E-state index in [0.717, 1.165) is 57.5 Å². The van der Waals surface area contributed by atoms with Crippen LogP contribution in [-0.2, 0) is 20.1 Å². The summed E-state index contributed by atoms with van der Waals surface area (Å²) in [6.45, 7) is 3.19. The van der Waals surface area contributed by atoms with Crippen LogP contribution in [0, 0.1) is 12.1 Å². The number of hydrogen-bond donors (Lipinski definition) is 0. The van der Waals surface area contributed by atoms with Crippen molar-refractivity contribution < 1.29 is 29.1 Å². The summed E-state index contributed by atoms with van der Waals surface area (Å²) in [6, 6.07) is 44.4. The Morgan fingerprint density at radius 1 is 0.821 bits per heavy atom. The molecule has 1 aliphatic rings. The van der Waals surface area contributed by atoms with Crippen LogP contribution in [-0.4, -0.2) is 22.1 Å². The number of hydrogen-bond acceptors (Lipinski definition) is 2. The summed E-state index contributed by atoms with van der Waals surface area (Å²) in [5, 5.41) is 2.24. The minimum atomic E-state index is 0. The van der Waals surface area contributed by atoms with Gasteiger partial charge in [0.1, 0.15) is 11.3 Å². The second-order valence-corrected chi connectivity index (χ2v) is 9.11. The number of furan rings is 1. The van der Waals surface area contributed by atoms with Crippen molar-refractivity contribution in [3.63, 3.8) is 0 Å². The van der Waals surface area contributed by atoms with E-state index in [-0.39, 0.29) is 20.1 Å². The molecule has 0 saturated heterocycles. The summed E-state index contributed by atoms with van der Waals surface area (Å²) in [7, 11) is 0. The van der Waals surface area contributed by atoms with Crippen LogP contribution in [0.15, 0.2) is 114 Å². The van der Waals surface area contributed by atoms with E-state index >= 15 is 0 Å². The average molecular weight is 686 g/mol. The molecule has 39 heavy (non-hydrogen) atoms. The topological polar surface area (TPSA) is 32.0 Å². The number of aromatic nitrogens is 1. The molecule has 1 aliphatic heterocycles. The van der Waals surface area contributed by atoms with E-state index in [1.165, 1.54) is 12.1 Å². The van der Waals surface area contributed by atoms with Gasteiger partial charge in [0.15, 0.2) is 6.54 Å². The van der Waals surface area contributed by atoms with Gasteiger partial charge in [0.05, 0.1) is 0 Å². The third-order valence-electron chi connectivity index (χ3n) is 6.56. The fourth-order valence-corrected chi connectivity index (χ4v) is 4.64. The van der Waals surface area contributed by atoms with E-state index in [9.17, 15) is 0 Å². The molecule has 1 radical (unpaired) electrons. The van der Waals surface area contributed by atoms with Gasteiger partial charge in [-0.05, 0) is 17.8 Å². The van der Waals surface area contributed by atoms with E-state index in [4.69, 9.17) is 4.42 Å². The molecule has 4 nitrogen and oxygen atoms in total. The number of para-hydroxylation sites is 3. The van der Waals surface area contributed by atoms with E-state index in [1.807, 2.05) is 66.7 Å². The van der Waals surface area contributed by atoms with Crippen LogP contribution in [0.1, 0.15) is 19.8 Å². The summed E-state index contributed by atoms with van der Waals surface area (Å²) in [4.78, 5) is 4.22. The maximum Gasteiger partial charge on any atom is 0.494 e. The van der Waals surface area contributed by atoms with Crippen LogP contribution in [0.4, 0.5) is 17.1 Å². The molecule has 0 saturated carbocycles. The molecule has 193 valence electrons. The Morgan fingerprint density at radius 3 is 2.41 bits per heavy atom. The predicted molar refractivity (Wildman–Crippen MR) is 154 cm³/mol. The monoisotopic (exact) mass is 686 g/mol. The van der Waals surface area contributed by atoms with Crippen molar-refractivity contribution in [3.05, 3.63) is 121 Å². The van der Waals surface area contributed by atoms with Gasteiger partial charge in [0, 0.05) is 55.8 Å². The second-order valence-electron chi connectivity index (χ2n) is 9.11. The van der Waals surface area contributed by atoms with E-state index in [2.05, 4.69) is 75.6 Å². The zero-order chi connectivity index (χ0) is 25.7. The molecule has 0 aliphatic carbocycles. The van der Waals surface area contributed by atoms with Gasteiger partial charge in [0.2, 0.25) is 0 Å². The van der Waals surface area contributed by atoms with Gasteiger partial charge < -0.3 is 9.40 Å². The number of pyridine rings is 1. The van der Waals surface area contributed by atoms with Crippen molar-refractivity contribution in [2.45, 2.75) is 19.8 Å². The molecule has 0 fully saturated rings. The number of fused-ring (bicyclic) bond motifs is 4. The first-order valence-corrected chi connectivity index (χ1v) is 13.0. The quantitative estimate of drug-likeness (QED) is 0.135. The van der Waals surface area contributed by atoms with Gasteiger partial charge in [-0.3, -0.25) is 0 Å². The molecule has 0 atom stereocenters. The predicted octanol–water partition coefficient (Wildman–Crippen LogP) is 8.40. The zero-order valence-electron chi connectivity index (χ0n) is 21.6. The van der Waals surface area contributed by atoms with E-state index < -0.39 is 0 Å². The van der Waals surface area contributed by atoms with Crippen LogP contribution < -0.4 is 4.58 Å². The Morgan fingerprint density at radius 2 is 1.62 bits per heavy atom. The maximum absolute atomic E-state index is 5.93. The number of unbranched alkanes of at least 4 members (excludes halogenated alkanes) is 1. The summed E-state index contributed by atoms with van der Waals surface area (Å²) < 4.78 is 10.2. The first-order chi connectivity index (χ1) is 18.8. The smallest absolute Gasteiger partial charge is 0.494 e. The normalized spacial score (nSPS) is 11.7. The molecule has 3 heterocycles. The van der Waals surface area contributed by atoms with Crippen molar-refractivity contribution in [1.82, 2.24) is 9.56 Å². The van der Waals surface area contributed by atoms with Gasteiger partial charge in [-0.15, -0.1) is 48.0 Å². The Labute approximate surface area is 241 Å². The fraction of sp³-hybridized carbons (Fsp3) is 0.118. The zero-order valence-corrected chi connectivity index (χ0v) is 24.0. The molecular formula is C34H27IrN3O. The van der Waals surface area contributed by atoms with Crippen molar-refractivity contribution in [2.75, 3.05) is 6.54 Å². The van der Waals surface area contributed by atoms with Crippen molar-refractivity contribution in [3.8, 4) is 11.3 Å². The van der Waals surface area contributed by atoms with Crippen LogP contribution in [0.25, 0.3) is 33.2 Å². The molecule has 0 N–H and O–H groups in total. The van der Waals surface area contributed by atoms with Crippen molar-refractivity contribution >= 4 is 45.0 Å². The van der Waals surface area contributed by atoms with Crippen molar-refractivity contribution in [1.29, 1.82) is 0 Å². The van der Waals surface area contributed by atoms with Crippen LogP contribution >= 0.6 is 0 Å². The molecule has 5 heteroatoms. The average Bonchev–Trinajstić information content (AvgIpc) is 3.55. The van der Waals surface area contributed by atoms with E-state index in [0.29, 0.717) is 0 Å². The molecule has 6 aromatic rings. The van der Waals surface area contributed by atoms with Gasteiger partial charge in [-0.2, -0.15) is 0 Å². The maximum atomic E-state index is 5.93. The SMILES string of the molecule is CCCC[N+]1=C=[N+](c2[c-]cc3oc4ccccc4c3c2)c2ccccc21.[Ir].[c-]1ccccc1-c1ccccn1. The Kier molecular flexibility index (Phi) is 8.24. The van der Waals surface area contributed by atoms with Crippen LogP contribution in [0.5, 0.6) is 0 Å². The summed E-state index contributed by atoms with van der Waals surface area (Å²) in [5.41, 5.74) is 7.11. The minimum absolute atomic E-state index is 0. The molecular weight excluding hydrogens is 659 g/mol. The molecule has 0 unspecified atom stereocenters. The molecule has 0 bridgehead atoms. The Balaban J connectivity index is 0.000000200. The minimum Gasteiger partial charge on any atom is -0.516 e. The Hall–Kier alpha value is -4.14. The molecule has 0 amide bonds. The van der Waals surface area contributed by atoms with Crippen LogP contribution in [0.2, 0.25) is 0 Å². The molecule has 0 spiro atoms. The largest absolute Gasteiger partial charge is 0.516 e. The number of rotatable bonds is 5. The van der Waals surface area contributed by atoms with Crippen molar-refractivity contribution in [2.24, 2.45) is 0 Å². The molecule has 7 rings (SSSR count). The van der Waals surface area contributed by atoms with Gasteiger partial charge in [-0.25, -0.2) is 0 Å². The summed E-state index contributed by atoms with van der Waals surface area (Å²) >= 11 is 0. The third-order valence-corrected chi connectivity index (χ3v) is 6.56. The standard InChI is InChI=1S/C23H19N2O.C11H8N.Ir/c1-2-3-14-24-16-25(21-10-6-5-9-20(21)24)17-12-13-23-19(15-17)18-8-4-7-11-22(18)26-23;1-2-6-10(7-3-1)11-8-4-5-9-12-11;/h4-11,13,15H,2-3,14H2,1H3;1-6,8-9H;/q+1;-1;. The Bertz CT molecular complexity index is 1750. The summed E-state index contributed by atoms with van der Waals surface area (Å²) in [6.07, 6.45) is 4.10. The fourth-order valence-electron chi connectivity index (χ4n) is 4.64. The first-order valence-electron chi connectivity index (χ1n) is 13.0. The van der Waals surface area contributed by atoms with Gasteiger partial charge in [0.25, 0.3) is 11.4 Å². The van der Waals surface area contributed by atoms with E-state index in [1.54, 1.807) is 6.20 Å². The second kappa shape index (κ2) is 12.1. The van der Waals surface area contributed by atoms with Gasteiger partial charge in [-0.1, -0.05) is 76.4 Å². The summed E-state index contributed by atoms with van der Waals surface area (Å²) in [5.74, 6) is 0.